The van der Waals surface area contributed by atoms with Crippen LogP contribution in [0.4, 0.5) is 8.78 Å². The summed E-state index contributed by atoms with van der Waals surface area (Å²) in [6.45, 7) is -0.655. The summed E-state index contributed by atoms with van der Waals surface area (Å²) in [5, 5.41) is 3.92. The van der Waals surface area contributed by atoms with Crippen LogP contribution in [0, 0.1) is 0 Å². The number of nitrogens with zero attached hydrogens (tertiary/aromatic N) is 3. The van der Waals surface area contributed by atoms with Gasteiger partial charge in [0.05, 0.1) is 6.20 Å². The molecular formula is C8H7F2N3O. The van der Waals surface area contributed by atoms with Crippen molar-refractivity contribution in [1.82, 2.24) is 14.6 Å². The molecule has 2 aromatic heterocycles. The van der Waals surface area contributed by atoms with Crippen LogP contribution in [0.25, 0.3) is 5.52 Å². The number of alkyl halides is 2. The third-order valence-electron chi connectivity index (χ3n) is 1.64. The van der Waals surface area contributed by atoms with E-state index in [0.29, 0.717) is 5.52 Å². The van der Waals surface area contributed by atoms with Crippen molar-refractivity contribution in [2.45, 2.75) is 6.43 Å². The standard InChI is InChI=1S/C8H7F2N3O/c9-7(10)5-14-8-6-1-2-12-13(6)4-3-11-8/h1-4,7H,5H2. The van der Waals surface area contributed by atoms with Gasteiger partial charge in [0.2, 0.25) is 5.88 Å². The Hall–Kier alpha value is -1.72. The third kappa shape index (κ3) is 1.63. The quantitative estimate of drug-likeness (QED) is 0.749. The number of halogens is 2. The Bertz CT molecular complexity index is 429. The van der Waals surface area contributed by atoms with Gasteiger partial charge in [-0.2, -0.15) is 5.10 Å². The second kappa shape index (κ2) is 3.57. The van der Waals surface area contributed by atoms with E-state index in [1.165, 1.54) is 10.7 Å². The lowest BCUT2D eigenvalue weighted by atomic mass is 10.5. The van der Waals surface area contributed by atoms with E-state index >= 15 is 0 Å². The highest BCUT2D eigenvalue weighted by Gasteiger charge is 2.07. The molecule has 0 radical (unpaired) electrons. The second-order valence-corrected chi connectivity index (χ2v) is 2.60. The highest BCUT2D eigenvalue weighted by atomic mass is 19.3. The molecule has 2 rings (SSSR count). The molecule has 0 aliphatic heterocycles. The molecule has 14 heavy (non-hydrogen) atoms. The van der Waals surface area contributed by atoms with Gasteiger partial charge < -0.3 is 4.74 Å². The highest BCUT2D eigenvalue weighted by molar-refractivity contribution is 5.54. The van der Waals surface area contributed by atoms with Crippen molar-refractivity contribution in [3.8, 4) is 5.88 Å². The molecule has 0 aliphatic rings. The topological polar surface area (TPSA) is 39.4 Å². The Morgan fingerprint density at radius 1 is 1.43 bits per heavy atom. The number of fused-ring (bicyclic) bond motifs is 1. The third-order valence-corrected chi connectivity index (χ3v) is 1.64. The summed E-state index contributed by atoms with van der Waals surface area (Å²) in [6.07, 6.45) is 2.11. The Morgan fingerprint density at radius 2 is 2.29 bits per heavy atom. The molecule has 2 aromatic rings. The second-order valence-electron chi connectivity index (χ2n) is 2.60. The van der Waals surface area contributed by atoms with E-state index in [1.54, 1.807) is 18.5 Å². The summed E-state index contributed by atoms with van der Waals surface area (Å²) >= 11 is 0. The smallest absolute Gasteiger partial charge is 0.272 e. The molecule has 0 bridgehead atoms. The molecule has 0 atom stereocenters. The molecular weight excluding hydrogens is 192 g/mol. The van der Waals surface area contributed by atoms with Crippen molar-refractivity contribution in [2.75, 3.05) is 6.61 Å². The fraction of sp³-hybridized carbons (Fsp3) is 0.250. The Morgan fingerprint density at radius 3 is 3.07 bits per heavy atom. The first-order chi connectivity index (χ1) is 6.77. The maximum Gasteiger partial charge on any atom is 0.272 e. The van der Waals surface area contributed by atoms with Crippen LogP contribution < -0.4 is 4.74 Å². The lowest BCUT2D eigenvalue weighted by molar-refractivity contribution is 0.0802. The van der Waals surface area contributed by atoms with E-state index in [-0.39, 0.29) is 5.88 Å². The molecule has 74 valence electrons. The van der Waals surface area contributed by atoms with Crippen LogP contribution in [0.15, 0.2) is 24.7 Å². The normalized spacial score (nSPS) is 11.1. The average molecular weight is 199 g/mol. The van der Waals surface area contributed by atoms with Crippen molar-refractivity contribution in [3.05, 3.63) is 24.7 Å². The minimum atomic E-state index is -2.50. The van der Waals surface area contributed by atoms with Crippen molar-refractivity contribution >= 4 is 5.52 Å². The monoisotopic (exact) mass is 199 g/mol. The summed E-state index contributed by atoms with van der Waals surface area (Å²) < 4.78 is 30.1. The molecule has 0 fully saturated rings. The largest absolute Gasteiger partial charge is 0.470 e. The van der Waals surface area contributed by atoms with E-state index in [0.717, 1.165) is 0 Å². The van der Waals surface area contributed by atoms with Gasteiger partial charge >= 0.3 is 0 Å². The first kappa shape index (κ1) is 8.86. The maximum atomic E-state index is 11.9. The van der Waals surface area contributed by atoms with E-state index in [9.17, 15) is 8.78 Å². The highest BCUT2D eigenvalue weighted by Crippen LogP contribution is 2.15. The minimum absolute atomic E-state index is 0.172. The zero-order chi connectivity index (χ0) is 9.97. The van der Waals surface area contributed by atoms with Crippen molar-refractivity contribution in [2.24, 2.45) is 0 Å². The Labute approximate surface area is 78.1 Å². The Kier molecular flexibility index (Phi) is 2.26. The fourth-order valence-electron chi connectivity index (χ4n) is 1.09. The van der Waals surface area contributed by atoms with E-state index in [2.05, 4.69) is 10.1 Å². The lowest BCUT2D eigenvalue weighted by Crippen LogP contribution is -2.08. The number of ether oxygens (including phenoxy) is 1. The van der Waals surface area contributed by atoms with E-state index in [1.807, 2.05) is 0 Å². The fourth-order valence-corrected chi connectivity index (χ4v) is 1.09. The van der Waals surface area contributed by atoms with Crippen molar-refractivity contribution in [3.63, 3.8) is 0 Å². The van der Waals surface area contributed by atoms with E-state index < -0.39 is 13.0 Å². The van der Waals surface area contributed by atoms with Crippen LogP contribution in [0.5, 0.6) is 5.88 Å². The lowest BCUT2D eigenvalue weighted by Gasteiger charge is -2.04. The molecule has 2 heterocycles. The van der Waals surface area contributed by atoms with Gasteiger partial charge in [0, 0.05) is 12.4 Å². The molecule has 0 saturated heterocycles. The molecule has 0 unspecified atom stereocenters. The molecule has 6 heteroatoms. The van der Waals surface area contributed by atoms with Crippen LogP contribution in [-0.2, 0) is 0 Å². The first-order valence-corrected chi connectivity index (χ1v) is 3.96. The summed E-state index contributed by atoms with van der Waals surface area (Å²) in [6, 6.07) is 1.65. The summed E-state index contributed by atoms with van der Waals surface area (Å²) in [5.74, 6) is 0.172. The van der Waals surface area contributed by atoms with Gasteiger partial charge in [-0.25, -0.2) is 18.3 Å². The number of rotatable bonds is 3. The summed E-state index contributed by atoms with van der Waals surface area (Å²) in [7, 11) is 0. The van der Waals surface area contributed by atoms with Crippen molar-refractivity contribution in [1.29, 1.82) is 0 Å². The van der Waals surface area contributed by atoms with Crippen LogP contribution >= 0.6 is 0 Å². The maximum absolute atomic E-state index is 11.9. The number of hydrogen-bond acceptors (Lipinski definition) is 3. The number of aromatic nitrogens is 3. The van der Waals surface area contributed by atoms with Gasteiger partial charge in [-0.1, -0.05) is 0 Å². The van der Waals surface area contributed by atoms with Crippen LogP contribution in [-0.4, -0.2) is 27.6 Å². The first-order valence-electron chi connectivity index (χ1n) is 3.96. The summed E-state index contributed by atoms with van der Waals surface area (Å²) in [5.41, 5.74) is 0.577. The average Bonchev–Trinajstić information content (AvgIpc) is 2.62. The van der Waals surface area contributed by atoms with Crippen LogP contribution in [0.2, 0.25) is 0 Å². The van der Waals surface area contributed by atoms with Crippen LogP contribution in [0.3, 0.4) is 0 Å². The van der Waals surface area contributed by atoms with Gasteiger partial charge in [0.15, 0.2) is 6.61 Å². The van der Waals surface area contributed by atoms with Gasteiger partial charge in [0.25, 0.3) is 6.43 Å². The van der Waals surface area contributed by atoms with Crippen LogP contribution in [0.1, 0.15) is 0 Å². The Balaban J connectivity index is 2.27. The number of hydrogen-bond donors (Lipinski definition) is 0. The SMILES string of the molecule is FC(F)COc1nccn2nccc12. The zero-order valence-corrected chi connectivity index (χ0v) is 7.10. The van der Waals surface area contributed by atoms with E-state index in [4.69, 9.17) is 4.74 Å². The zero-order valence-electron chi connectivity index (χ0n) is 7.10. The molecule has 0 N–H and O–H groups in total. The molecule has 0 spiro atoms. The molecule has 4 nitrogen and oxygen atoms in total. The van der Waals surface area contributed by atoms with Crippen molar-refractivity contribution < 1.29 is 13.5 Å². The van der Waals surface area contributed by atoms with Gasteiger partial charge in [-0.05, 0) is 6.07 Å². The molecule has 0 amide bonds. The van der Waals surface area contributed by atoms with Gasteiger partial charge in [-0.15, -0.1) is 0 Å². The predicted molar refractivity (Wildman–Crippen MR) is 44.5 cm³/mol. The predicted octanol–water partition coefficient (Wildman–Crippen LogP) is 1.37. The van der Waals surface area contributed by atoms with Gasteiger partial charge in [0.1, 0.15) is 5.52 Å². The molecule has 0 aliphatic carbocycles. The molecule has 0 aromatic carbocycles. The minimum Gasteiger partial charge on any atom is -0.470 e. The molecule has 0 saturated carbocycles. The summed E-state index contributed by atoms with van der Waals surface area (Å²) in [4.78, 5) is 3.83. The van der Waals surface area contributed by atoms with Gasteiger partial charge in [-0.3, -0.25) is 0 Å².